The Kier molecular flexibility index (Phi) is 4.47. The van der Waals surface area contributed by atoms with Crippen molar-refractivity contribution in [3.8, 4) is 0 Å². The average Bonchev–Trinajstić information content (AvgIpc) is 2.62. The van der Waals surface area contributed by atoms with Gasteiger partial charge < -0.3 is 5.32 Å². The molecule has 0 saturated heterocycles. The molecule has 0 bridgehead atoms. The van der Waals surface area contributed by atoms with E-state index < -0.39 is 0 Å². The van der Waals surface area contributed by atoms with Crippen molar-refractivity contribution in [1.29, 1.82) is 0 Å². The first-order valence-corrected chi connectivity index (χ1v) is 6.08. The lowest BCUT2D eigenvalue weighted by Crippen LogP contribution is -2.35. The number of nitrogens with zero attached hydrogens (tertiary/aromatic N) is 3. The standard InChI is InChI=1S/C12H24N4/c1-6-7-10(2)16-9-11(14-15-16)8-13-12(3,4)5/h9-10,13H,6-8H2,1-5H3. The molecule has 1 aromatic rings. The van der Waals surface area contributed by atoms with Gasteiger partial charge in [-0.1, -0.05) is 18.6 Å². The van der Waals surface area contributed by atoms with Crippen molar-refractivity contribution in [3.05, 3.63) is 11.9 Å². The van der Waals surface area contributed by atoms with Gasteiger partial charge in [0.05, 0.1) is 17.9 Å². The molecule has 0 aliphatic carbocycles. The summed E-state index contributed by atoms with van der Waals surface area (Å²) in [5.74, 6) is 0. The summed E-state index contributed by atoms with van der Waals surface area (Å²) in [6, 6.07) is 0.445. The molecule has 1 heterocycles. The molecule has 0 aromatic carbocycles. The van der Waals surface area contributed by atoms with Crippen LogP contribution in [0.15, 0.2) is 6.20 Å². The van der Waals surface area contributed by atoms with Crippen LogP contribution in [0.4, 0.5) is 0 Å². The molecule has 0 saturated carbocycles. The number of rotatable bonds is 5. The lowest BCUT2D eigenvalue weighted by atomic mass is 10.1. The smallest absolute Gasteiger partial charge is 0.0965 e. The van der Waals surface area contributed by atoms with Crippen LogP contribution in [0.5, 0.6) is 0 Å². The Morgan fingerprint density at radius 3 is 2.69 bits per heavy atom. The third-order valence-electron chi connectivity index (χ3n) is 2.52. The van der Waals surface area contributed by atoms with Crippen LogP contribution < -0.4 is 5.32 Å². The summed E-state index contributed by atoms with van der Waals surface area (Å²) in [7, 11) is 0. The molecular formula is C12H24N4. The highest BCUT2D eigenvalue weighted by molar-refractivity contribution is 4.94. The van der Waals surface area contributed by atoms with Crippen molar-refractivity contribution in [3.63, 3.8) is 0 Å². The molecule has 0 aliphatic rings. The molecule has 1 atom stereocenters. The number of nitrogens with one attached hydrogen (secondary N) is 1. The zero-order valence-electron chi connectivity index (χ0n) is 11.1. The molecule has 0 amide bonds. The maximum Gasteiger partial charge on any atom is 0.0965 e. The third-order valence-corrected chi connectivity index (χ3v) is 2.52. The van der Waals surface area contributed by atoms with Gasteiger partial charge in [0.15, 0.2) is 0 Å². The van der Waals surface area contributed by atoms with Gasteiger partial charge in [-0.15, -0.1) is 5.10 Å². The zero-order valence-corrected chi connectivity index (χ0v) is 11.1. The molecular weight excluding hydrogens is 200 g/mol. The highest BCUT2D eigenvalue weighted by Gasteiger charge is 2.11. The number of hydrogen-bond acceptors (Lipinski definition) is 3. The fraction of sp³-hybridized carbons (Fsp3) is 0.833. The summed E-state index contributed by atoms with van der Waals surface area (Å²) in [6.45, 7) is 11.6. The zero-order chi connectivity index (χ0) is 12.2. The van der Waals surface area contributed by atoms with Gasteiger partial charge in [0.25, 0.3) is 0 Å². The molecule has 0 fully saturated rings. The second-order valence-electron chi connectivity index (χ2n) is 5.43. The Hall–Kier alpha value is -0.900. The second-order valence-corrected chi connectivity index (χ2v) is 5.43. The average molecular weight is 224 g/mol. The first-order chi connectivity index (χ1) is 7.42. The van der Waals surface area contributed by atoms with E-state index in [1.807, 2.05) is 10.9 Å². The molecule has 92 valence electrons. The van der Waals surface area contributed by atoms with Gasteiger partial charge >= 0.3 is 0 Å². The van der Waals surface area contributed by atoms with E-state index in [9.17, 15) is 0 Å². The Balaban J connectivity index is 2.51. The fourth-order valence-corrected chi connectivity index (χ4v) is 1.52. The van der Waals surface area contributed by atoms with Gasteiger partial charge in [-0.2, -0.15) is 0 Å². The van der Waals surface area contributed by atoms with Crippen LogP contribution >= 0.6 is 0 Å². The number of hydrogen-bond donors (Lipinski definition) is 1. The van der Waals surface area contributed by atoms with Gasteiger partial charge in [0.2, 0.25) is 0 Å². The van der Waals surface area contributed by atoms with Crippen LogP contribution in [0.2, 0.25) is 0 Å². The van der Waals surface area contributed by atoms with E-state index in [-0.39, 0.29) is 5.54 Å². The fourth-order valence-electron chi connectivity index (χ4n) is 1.52. The van der Waals surface area contributed by atoms with Crippen molar-refractivity contribution in [2.24, 2.45) is 0 Å². The van der Waals surface area contributed by atoms with Gasteiger partial charge in [0, 0.05) is 12.1 Å². The minimum Gasteiger partial charge on any atom is -0.306 e. The SMILES string of the molecule is CCCC(C)n1cc(CNC(C)(C)C)nn1. The topological polar surface area (TPSA) is 42.7 Å². The van der Waals surface area contributed by atoms with Crippen LogP contribution in [0, 0.1) is 0 Å². The van der Waals surface area contributed by atoms with E-state index in [1.54, 1.807) is 0 Å². The first-order valence-electron chi connectivity index (χ1n) is 6.08. The summed E-state index contributed by atoms with van der Waals surface area (Å²) >= 11 is 0. The minimum atomic E-state index is 0.124. The van der Waals surface area contributed by atoms with Crippen LogP contribution in [-0.2, 0) is 6.54 Å². The van der Waals surface area contributed by atoms with Crippen molar-refractivity contribution in [1.82, 2.24) is 20.3 Å². The quantitative estimate of drug-likeness (QED) is 0.835. The van der Waals surface area contributed by atoms with Gasteiger partial charge in [-0.05, 0) is 34.1 Å². The molecule has 1 N–H and O–H groups in total. The summed E-state index contributed by atoms with van der Waals surface area (Å²) < 4.78 is 1.96. The Bertz CT molecular complexity index is 311. The largest absolute Gasteiger partial charge is 0.306 e. The van der Waals surface area contributed by atoms with E-state index in [0.29, 0.717) is 6.04 Å². The lowest BCUT2D eigenvalue weighted by Gasteiger charge is -2.19. The lowest BCUT2D eigenvalue weighted by molar-refractivity contribution is 0.421. The van der Waals surface area contributed by atoms with Crippen molar-refractivity contribution < 1.29 is 0 Å². The van der Waals surface area contributed by atoms with E-state index >= 15 is 0 Å². The molecule has 0 spiro atoms. The van der Waals surface area contributed by atoms with E-state index in [2.05, 4.69) is 50.2 Å². The predicted octanol–water partition coefficient (Wildman–Crippen LogP) is 2.53. The Morgan fingerprint density at radius 1 is 1.44 bits per heavy atom. The highest BCUT2D eigenvalue weighted by Crippen LogP contribution is 2.11. The molecule has 4 nitrogen and oxygen atoms in total. The summed E-state index contributed by atoms with van der Waals surface area (Å²) in [6.07, 6.45) is 4.37. The summed E-state index contributed by atoms with van der Waals surface area (Å²) in [5, 5.41) is 11.7. The monoisotopic (exact) mass is 224 g/mol. The van der Waals surface area contributed by atoms with E-state index in [1.165, 1.54) is 6.42 Å². The van der Waals surface area contributed by atoms with E-state index in [4.69, 9.17) is 0 Å². The Morgan fingerprint density at radius 2 is 2.12 bits per heavy atom. The molecule has 1 rings (SSSR count). The molecule has 16 heavy (non-hydrogen) atoms. The second kappa shape index (κ2) is 5.43. The molecule has 1 unspecified atom stereocenters. The highest BCUT2D eigenvalue weighted by atomic mass is 15.4. The van der Waals surface area contributed by atoms with Crippen molar-refractivity contribution in [2.45, 2.75) is 65.6 Å². The van der Waals surface area contributed by atoms with Crippen molar-refractivity contribution in [2.75, 3.05) is 0 Å². The van der Waals surface area contributed by atoms with Crippen LogP contribution in [-0.4, -0.2) is 20.5 Å². The van der Waals surface area contributed by atoms with Gasteiger partial charge in [-0.3, -0.25) is 0 Å². The summed E-state index contributed by atoms with van der Waals surface area (Å²) in [4.78, 5) is 0. The Labute approximate surface area is 98.4 Å². The van der Waals surface area contributed by atoms with Crippen molar-refractivity contribution >= 4 is 0 Å². The molecule has 1 aromatic heterocycles. The maximum absolute atomic E-state index is 4.17. The molecule has 0 radical (unpaired) electrons. The normalized spacial score (nSPS) is 14.1. The van der Waals surface area contributed by atoms with Crippen LogP contribution in [0.3, 0.4) is 0 Å². The first kappa shape index (κ1) is 13.2. The van der Waals surface area contributed by atoms with Gasteiger partial charge in [-0.25, -0.2) is 4.68 Å². The molecule has 0 aliphatic heterocycles. The minimum absolute atomic E-state index is 0.124. The number of aromatic nitrogens is 3. The van der Waals surface area contributed by atoms with Gasteiger partial charge in [0.1, 0.15) is 0 Å². The third kappa shape index (κ3) is 4.31. The summed E-state index contributed by atoms with van der Waals surface area (Å²) in [5.41, 5.74) is 1.14. The molecule has 4 heteroatoms. The maximum atomic E-state index is 4.17. The van der Waals surface area contributed by atoms with Crippen LogP contribution in [0.25, 0.3) is 0 Å². The van der Waals surface area contributed by atoms with Crippen LogP contribution in [0.1, 0.15) is 59.2 Å². The predicted molar refractivity (Wildman–Crippen MR) is 66.2 cm³/mol. The van der Waals surface area contributed by atoms with E-state index in [0.717, 1.165) is 18.7 Å².